The lowest BCUT2D eigenvalue weighted by molar-refractivity contribution is -0.122. The van der Waals surface area contributed by atoms with E-state index in [0.717, 1.165) is 5.56 Å². The summed E-state index contributed by atoms with van der Waals surface area (Å²) < 4.78 is 12.8. The molecule has 33 heavy (non-hydrogen) atoms. The molecule has 0 aliphatic carbocycles. The number of carbonyl (C=O) groups is 2. The Hall–Kier alpha value is -3.23. The molecule has 1 aromatic heterocycles. The number of ether oxygens (including phenoxy) is 2. The third kappa shape index (κ3) is 4.36. The molecule has 0 radical (unpaired) electrons. The third-order valence-corrected chi connectivity index (χ3v) is 6.51. The average Bonchev–Trinajstić information content (AvgIpc) is 3.42. The fraction of sp³-hybridized carbons (Fsp3) is 0.261. The van der Waals surface area contributed by atoms with Crippen molar-refractivity contribution in [3.8, 4) is 11.5 Å². The third-order valence-electron chi connectivity index (χ3n) is 5.65. The van der Waals surface area contributed by atoms with Gasteiger partial charge in [-0.05, 0) is 23.8 Å². The predicted octanol–water partition coefficient (Wildman–Crippen LogP) is 4.00. The lowest BCUT2D eigenvalue weighted by Gasteiger charge is -2.22. The number of halogens is 2. The number of aromatic nitrogens is 2. The van der Waals surface area contributed by atoms with E-state index >= 15 is 0 Å². The van der Waals surface area contributed by atoms with Gasteiger partial charge < -0.3 is 19.7 Å². The van der Waals surface area contributed by atoms with E-state index in [1.54, 1.807) is 46.1 Å². The highest BCUT2D eigenvalue weighted by Gasteiger charge is 2.36. The van der Waals surface area contributed by atoms with Gasteiger partial charge in [0.25, 0.3) is 0 Å². The molecule has 2 aliphatic rings. The number of hydrogen-bond acceptors (Lipinski definition) is 5. The van der Waals surface area contributed by atoms with Gasteiger partial charge in [-0.15, -0.1) is 0 Å². The number of benzene rings is 2. The molecule has 0 saturated carbocycles. The molecule has 0 unspecified atom stereocenters. The van der Waals surface area contributed by atoms with Crippen molar-refractivity contribution in [2.75, 3.05) is 30.0 Å². The smallest absolute Gasteiger partial charge is 0.230 e. The standard InChI is InChI=1S/C23H20Cl2N4O4/c24-17-3-1-2-14(22(17)25)13-29-20(6-7-26-29)27-23(31)15-10-21(30)28(12-15)16-4-5-18-19(11-16)33-9-8-32-18/h1-7,11,15H,8-10,12-13H2,(H,27,31)/t15-/m0/s1. The summed E-state index contributed by atoms with van der Waals surface area (Å²) in [4.78, 5) is 27.2. The Morgan fingerprint density at radius 1 is 1.12 bits per heavy atom. The van der Waals surface area contributed by atoms with Gasteiger partial charge in [-0.1, -0.05) is 35.3 Å². The van der Waals surface area contributed by atoms with Crippen molar-refractivity contribution in [2.45, 2.75) is 13.0 Å². The zero-order valence-electron chi connectivity index (χ0n) is 17.5. The zero-order chi connectivity index (χ0) is 22.9. The summed E-state index contributed by atoms with van der Waals surface area (Å²) in [7, 11) is 0. The Kier molecular flexibility index (Phi) is 5.86. The second-order valence-electron chi connectivity index (χ2n) is 7.81. The van der Waals surface area contributed by atoms with Crippen LogP contribution in [0.2, 0.25) is 10.0 Å². The number of anilines is 2. The van der Waals surface area contributed by atoms with Crippen LogP contribution in [-0.2, 0) is 16.1 Å². The molecular formula is C23H20Cl2N4O4. The fourth-order valence-electron chi connectivity index (χ4n) is 3.96. The summed E-state index contributed by atoms with van der Waals surface area (Å²) in [5, 5.41) is 8.07. The molecule has 2 aliphatic heterocycles. The minimum atomic E-state index is -0.496. The molecule has 3 aromatic rings. The van der Waals surface area contributed by atoms with Gasteiger partial charge in [0.15, 0.2) is 11.5 Å². The van der Waals surface area contributed by atoms with Gasteiger partial charge in [0.1, 0.15) is 19.0 Å². The highest BCUT2D eigenvalue weighted by atomic mass is 35.5. The van der Waals surface area contributed by atoms with Crippen molar-refractivity contribution in [2.24, 2.45) is 5.92 Å². The second kappa shape index (κ2) is 8.96. The molecule has 1 N–H and O–H groups in total. The summed E-state index contributed by atoms with van der Waals surface area (Å²) in [6.45, 7) is 1.58. The molecular weight excluding hydrogens is 467 g/mol. The van der Waals surface area contributed by atoms with E-state index in [9.17, 15) is 9.59 Å². The number of rotatable bonds is 5. The second-order valence-corrected chi connectivity index (χ2v) is 8.59. The van der Waals surface area contributed by atoms with E-state index in [2.05, 4.69) is 10.4 Å². The lowest BCUT2D eigenvalue weighted by Crippen LogP contribution is -2.29. The SMILES string of the molecule is O=C(Nc1ccnn1Cc1cccc(Cl)c1Cl)[C@H]1CC(=O)N(c2ccc3c(c2)OCCO3)C1. The van der Waals surface area contributed by atoms with Gasteiger partial charge in [0, 0.05) is 30.8 Å². The Morgan fingerprint density at radius 3 is 2.79 bits per heavy atom. The Balaban J connectivity index is 1.27. The summed E-state index contributed by atoms with van der Waals surface area (Å²) in [6.07, 6.45) is 1.71. The summed E-state index contributed by atoms with van der Waals surface area (Å²) in [6, 6.07) is 12.4. The van der Waals surface area contributed by atoms with E-state index in [1.807, 2.05) is 12.1 Å². The van der Waals surface area contributed by atoms with E-state index in [0.29, 0.717) is 52.8 Å². The van der Waals surface area contributed by atoms with Crippen LogP contribution in [0.1, 0.15) is 12.0 Å². The molecule has 3 heterocycles. The number of nitrogens with zero attached hydrogens (tertiary/aromatic N) is 3. The molecule has 0 bridgehead atoms. The fourth-order valence-corrected chi connectivity index (χ4v) is 4.34. The predicted molar refractivity (Wildman–Crippen MR) is 124 cm³/mol. The highest BCUT2D eigenvalue weighted by Crippen LogP contribution is 2.36. The molecule has 5 rings (SSSR count). The van der Waals surface area contributed by atoms with Crippen molar-refractivity contribution in [3.05, 3.63) is 64.3 Å². The Labute approximate surface area is 200 Å². The van der Waals surface area contributed by atoms with E-state index in [4.69, 9.17) is 32.7 Å². The van der Waals surface area contributed by atoms with Gasteiger partial charge in [-0.25, -0.2) is 4.68 Å². The van der Waals surface area contributed by atoms with Crippen LogP contribution in [0.3, 0.4) is 0 Å². The highest BCUT2D eigenvalue weighted by molar-refractivity contribution is 6.42. The van der Waals surface area contributed by atoms with Crippen molar-refractivity contribution in [1.82, 2.24) is 9.78 Å². The Bertz CT molecular complexity index is 1230. The molecule has 10 heteroatoms. The average molecular weight is 487 g/mol. The van der Waals surface area contributed by atoms with E-state index < -0.39 is 5.92 Å². The molecule has 170 valence electrons. The van der Waals surface area contributed by atoms with Crippen LogP contribution in [0.15, 0.2) is 48.7 Å². The van der Waals surface area contributed by atoms with Gasteiger partial charge in [-0.3, -0.25) is 9.59 Å². The number of hydrogen-bond donors (Lipinski definition) is 1. The number of carbonyl (C=O) groups excluding carboxylic acids is 2. The molecule has 1 saturated heterocycles. The first-order valence-corrected chi connectivity index (χ1v) is 11.2. The first-order valence-electron chi connectivity index (χ1n) is 10.4. The minimum Gasteiger partial charge on any atom is -0.486 e. The van der Waals surface area contributed by atoms with Crippen LogP contribution >= 0.6 is 23.2 Å². The Morgan fingerprint density at radius 2 is 1.94 bits per heavy atom. The van der Waals surface area contributed by atoms with Crippen LogP contribution < -0.4 is 19.7 Å². The van der Waals surface area contributed by atoms with Crippen LogP contribution in [0, 0.1) is 5.92 Å². The van der Waals surface area contributed by atoms with Crippen LogP contribution in [0.4, 0.5) is 11.5 Å². The lowest BCUT2D eigenvalue weighted by atomic mass is 10.1. The molecule has 2 aromatic carbocycles. The molecule has 1 atom stereocenters. The maximum absolute atomic E-state index is 13.0. The summed E-state index contributed by atoms with van der Waals surface area (Å²) >= 11 is 12.4. The zero-order valence-corrected chi connectivity index (χ0v) is 19.0. The minimum absolute atomic E-state index is 0.119. The van der Waals surface area contributed by atoms with Crippen molar-refractivity contribution in [1.29, 1.82) is 0 Å². The van der Waals surface area contributed by atoms with Crippen LogP contribution in [0.25, 0.3) is 0 Å². The van der Waals surface area contributed by atoms with Gasteiger partial charge in [0.05, 0.1) is 28.7 Å². The monoisotopic (exact) mass is 486 g/mol. The molecule has 0 spiro atoms. The topological polar surface area (TPSA) is 85.7 Å². The quantitative estimate of drug-likeness (QED) is 0.588. The molecule has 2 amide bonds. The van der Waals surface area contributed by atoms with Gasteiger partial charge in [-0.2, -0.15) is 5.10 Å². The number of fused-ring (bicyclic) bond motifs is 1. The van der Waals surface area contributed by atoms with Crippen molar-refractivity contribution in [3.63, 3.8) is 0 Å². The maximum Gasteiger partial charge on any atom is 0.230 e. The first kappa shape index (κ1) is 21.6. The summed E-state index contributed by atoms with van der Waals surface area (Å²) in [5.41, 5.74) is 1.46. The van der Waals surface area contributed by atoms with E-state index in [-0.39, 0.29) is 24.8 Å². The van der Waals surface area contributed by atoms with Crippen LogP contribution in [0.5, 0.6) is 11.5 Å². The van der Waals surface area contributed by atoms with Gasteiger partial charge in [0.2, 0.25) is 11.8 Å². The van der Waals surface area contributed by atoms with Crippen molar-refractivity contribution < 1.29 is 19.1 Å². The maximum atomic E-state index is 13.0. The largest absolute Gasteiger partial charge is 0.486 e. The normalized spacial score (nSPS) is 17.3. The first-order chi connectivity index (χ1) is 16.0. The summed E-state index contributed by atoms with van der Waals surface area (Å²) in [5.74, 6) is 0.903. The van der Waals surface area contributed by atoms with E-state index in [1.165, 1.54) is 0 Å². The van der Waals surface area contributed by atoms with Gasteiger partial charge >= 0.3 is 0 Å². The molecule has 8 nitrogen and oxygen atoms in total. The number of nitrogens with one attached hydrogen (secondary N) is 1. The van der Waals surface area contributed by atoms with Crippen molar-refractivity contribution >= 4 is 46.5 Å². The molecule has 1 fully saturated rings. The van der Waals surface area contributed by atoms with Crippen LogP contribution in [-0.4, -0.2) is 41.4 Å². The number of amides is 2.